The van der Waals surface area contributed by atoms with Crippen molar-refractivity contribution in [2.75, 3.05) is 0 Å². The maximum atomic E-state index is 12.2. The molecule has 1 aromatic heterocycles. The molecule has 1 heterocycles. The van der Waals surface area contributed by atoms with Gasteiger partial charge in [0.25, 0.3) is 0 Å². The largest absolute Gasteiger partial charge is 0.460 e. The molecule has 0 aliphatic heterocycles. The first-order valence-electron chi connectivity index (χ1n) is 6.01. The lowest BCUT2D eigenvalue weighted by Crippen LogP contribution is -2.25. The van der Waals surface area contributed by atoms with E-state index in [1.165, 1.54) is 0 Å². The van der Waals surface area contributed by atoms with Crippen molar-refractivity contribution in [1.82, 2.24) is 0 Å². The summed E-state index contributed by atoms with van der Waals surface area (Å²) >= 11 is 0. The number of hydrogen-bond acceptors (Lipinski definition) is 2. The molecule has 2 heteroatoms. The number of furan rings is 1. The van der Waals surface area contributed by atoms with E-state index in [2.05, 4.69) is 13.8 Å². The number of benzene rings is 1. The standard InChI is InChI=1S/C15H16O2/c1-9-4-5-10-12(6-9)17-13-8-15(2,3)7-11(16)14(10)13/h4-6H,7-8H2,1-3H3. The van der Waals surface area contributed by atoms with Gasteiger partial charge in [-0.3, -0.25) is 4.79 Å². The van der Waals surface area contributed by atoms with E-state index >= 15 is 0 Å². The van der Waals surface area contributed by atoms with Crippen LogP contribution in [0.25, 0.3) is 11.0 Å². The van der Waals surface area contributed by atoms with Gasteiger partial charge in [-0.15, -0.1) is 0 Å². The summed E-state index contributed by atoms with van der Waals surface area (Å²) in [6, 6.07) is 6.04. The summed E-state index contributed by atoms with van der Waals surface area (Å²) in [4.78, 5) is 12.2. The van der Waals surface area contributed by atoms with Crippen molar-refractivity contribution in [2.24, 2.45) is 5.41 Å². The van der Waals surface area contributed by atoms with Gasteiger partial charge in [0, 0.05) is 18.2 Å². The highest BCUT2D eigenvalue weighted by atomic mass is 16.3. The Balaban J connectivity index is 2.28. The molecule has 1 aliphatic rings. The number of rotatable bonds is 0. The molecule has 2 nitrogen and oxygen atoms in total. The molecule has 0 saturated heterocycles. The maximum Gasteiger partial charge on any atom is 0.167 e. The highest BCUT2D eigenvalue weighted by molar-refractivity contribution is 6.09. The molecule has 3 rings (SSSR count). The predicted molar refractivity (Wildman–Crippen MR) is 67.4 cm³/mol. The lowest BCUT2D eigenvalue weighted by Gasteiger charge is -2.27. The molecule has 17 heavy (non-hydrogen) atoms. The average Bonchev–Trinajstić information content (AvgIpc) is 2.52. The van der Waals surface area contributed by atoms with E-state index in [1.807, 2.05) is 25.1 Å². The number of carbonyl (C=O) groups excluding carboxylic acids is 1. The summed E-state index contributed by atoms with van der Waals surface area (Å²) < 4.78 is 5.86. The van der Waals surface area contributed by atoms with Gasteiger partial charge in [0.1, 0.15) is 11.3 Å². The fraction of sp³-hybridized carbons (Fsp3) is 0.400. The average molecular weight is 228 g/mol. The van der Waals surface area contributed by atoms with Crippen LogP contribution in [0.2, 0.25) is 0 Å². The molecular weight excluding hydrogens is 212 g/mol. The second-order valence-electron chi connectivity index (χ2n) is 5.84. The van der Waals surface area contributed by atoms with Crippen molar-refractivity contribution in [3.8, 4) is 0 Å². The molecule has 0 spiro atoms. The van der Waals surface area contributed by atoms with Gasteiger partial charge in [-0.25, -0.2) is 0 Å². The smallest absolute Gasteiger partial charge is 0.167 e. The van der Waals surface area contributed by atoms with Gasteiger partial charge in [0.2, 0.25) is 0 Å². The Bertz CT molecular complexity index is 617. The molecule has 88 valence electrons. The molecule has 0 N–H and O–H groups in total. The first-order valence-corrected chi connectivity index (χ1v) is 6.01. The summed E-state index contributed by atoms with van der Waals surface area (Å²) in [6.07, 6.45) is 1.46. The molecule has 0 radical (unpaired) electrons. The van der Waals surface area contributed by atoms with E-state index in [0.717, 1.165) is 34.3 Å². The third-order valence-corrected chi connectivity index (χ3v) is 3.48. The van der Waals surface area contributed by atoms with E-state index in [0.29, 0.717) is 6.42 Å². The molecule has 0 saturated carbocycles. The maximum absolute atomic E-state index is 12.2. The van der Waals surface area contributed by atoms with E-state index in [-0.39, 0.29) is 11.2 Å². The van der Waals surface area contributed by atoms with E-state index in [9.17, 15) is 4.79 Å². The van der Waals surface area contributed by atoms with Crippen molar-refractivity contribution in [3.63, 3.8) is 0 Å². The van der Waals surface area contributed by atoms with Crippen molar-refractivity contribution in [3.05, 3.63) is 35.1 Å². The zero-order valence-corrected chi connectivity index (χ0v) is 10.5. The molecule has 1 aliphatic carbocycles. The van der Waals surface area contributed by atoms with Crippen LogP contribution < -0.4 is 0 Å². The Labute approximate surface area is 101 Å². The Morgan fingerprint density at radius 2 is 2.00 bits per heavy atom. The van der Waals surface area contributed by atoms with E-state index in [1.54, 1.807) is 0 Å². The number of carbonyl (C=O) groups is 1. The second kappa shape index (κ2) is 3.22. The Hall–Kier alpha value is -1.57. The van der Waals surface area contributed by atoms with Gasteiger partial charge in [-0.2, -0.15) is 0 Å². The Morgan fingerprint density at radius 1 is 1.24 bits per heavy atom. The minimum atomic E-state index is 0.0208. The molecule has 0 bridgehead atoms. The van der Waals surface area contributed by atoms with Gasteiger partial charge in [0.05, 0.1) is 5.56 Å². The third-order valence-electron chi connectivity index (χ3n) is 3.48. The summed E-state index contributed by atoms with van der Waals surface area (Å²) in [5, 5.41) is 0.978. The fourth-order valence-corrected chi connectivity index (χ4v) is 2.70. The first-order chi connectivity index (χ1) is 7.96. The van der Waals surface area contributed by atoms with Gasteiger partial charge in [0.15, 0.2) is 5.78 Å². The summed E-state index contributed by atoms with van der Waals surface area (Å²) in [6.45, 7) is 6.27. The van der Waals surface area contributed by atoms with Crippen LogP contribution in [-0.2, 0) is 6.42 Å². The van der Waals surface area contributed by atoms with Crippen LogP contribution >= 0.6 is 0 Å². The molecule has 0 atom stereocenters. The quantitative estimate of drug-likeness (QED) is 0.684. The van der Waals surface area contributed by atoms with Crippen molar-refractivity contribution < 1.29 is 9.21 Å². The monoisotopic (exact) mass is 228 g/mol. The zero-order valence-electron chi connectivity index (χ0n) is 10.5. The van der Waals surface area contributed by atoms with Crippen LogP contribution in [0.3, 0.4) is 0 Å². The molecule has 0 unspecified atom stereocenters. The fourth-order valence-electron chi connectivity index (χ4n) is 2.70. The van der Waals surface area contributed by atoms with Crippen LogP contribution in [0.4, 0.5) is 0 Å². The van der Waals surface area contributed by atoms with Crippen LogP contribution in [0.1, 0.15) is 41.9 Å². The minimum Gasteiger partial charge on any atom is -0.460 e. The molecule has 0 fully saturated rings. The highest BCUT2D eigenvalue weighted by Crippen LogP contribution is 2.39. The van der Waals surface area contributed by atoms with Crippen LogP contribution in [0, 0.1) is 12.3 Å². The molecular formula is C15H16O2. The summed E-state index contributed by atoms with van der Waals surface area (Å²) in [5.74, 6) is 1.09. The van der Waals surface area contributed by atoms with Crippen LogP contribution in [0.5, 0.6) is 0 Å². The normalized spacial score (nSPS) is 18.4. The van der Waals surface area contributed by atoms with Crippen LogP contribution in [-0.4, -0.2) is 5.78 Å². The van der Waals surface area contributed by atoms with Crippen molar-refractivity contribution >= 4 is 16.8 Å². The lowest BCUT2D eigenvalue weighted by molar-refractivity contribution is 0.0906. The number of ketones is 1. The number of aryl methyl sites for hydroxylation is 1. The predicted octanol–water partition coefficient (Wildman–Crippen LogP) is 3.90. The highest BCUT2D eigenvalue weighted by Gasteiger charge is 2.34. The number of fused-ring (bicyclic) bond motifs is 3. The second-order valence-corrected chi connectivity index (χ2v) is 5.84. The van der Waals surface area contributed by atoms with E-state index in [4.69, 9.17) is 4.42 Å². The first kappa shape index (κ1) is 10.6. The molecule has 1 aromatic carbocycles. The number of Topliss-reactive ketones (excluding diaryl/α,β-unsaturated/α-hetero) is 1. The van der Waals surface area contributed by atoms with Gasteiger partial charge < -0.3 is 4.42 Å². The topological polar surface area (TPSA) is 30.2 Å². The third kappa shape index (κ3) is 1.59. The Morgan fingerprint density at radius 3 is 2.76 bits per heavy atom. The van der Waals surface area contributed by atoms with Gasteiger partial charge >= 0.3 is 0 Å². The van der Waals surface area contributed by atoms with Crippen molar-refractivity contribution in [2.45, 2.75) is 33.6 Å². The number of hydrogen-bond donors (Lipinski definition) is 0. The summed E-state index contributed by atoms with van der Waals surface area (Å²) in [7, 11) is 0. The minimum absolute atomic E-state index is 0.0208. The van der Waals surface area contributed by atoms with Crippen LogP contribution in [0.15, 0.2) is 22.6 Å². The lowest BCUT2D eigenvalue weighted by atomic mass is 9.76. The SMILES string of the molecule is Cc1ccc2c3c(oc2c1)CC(C)(C)CC3=O. The molecule has 2 aromatic rings. The zero-order chi connectivity index (χ0) is 12.2. The summed E-state index contributed by atoms with van der Waals surface area (Å²) in [5.41, 5.74) is 2.85. The van der Waals surface area contributed by atoms with Gasteiger partial charge in [-0.1, -0.05) is 26.0 Å². The van der Waals surface area contributed by atoms with Crippen molar-refractivity contribution in [1.29, 1.82) is 0 Å². The Kier molecular flexibility index (Phi) is 2.00. The van der Waals surface area contributed by atoms with E-state index < -0.39 is 0 Å². The molecule has 0 amide bonds. The van der Waals surface area contributed by atoms with Gasteiger partial charge in [-0.05, 0) is 24.0 Å².